The minimum absolute atomic E-state index is 0.133. The Morgan fingerprint density at radius 1 is 1.40 bits per heavy atom. The molecule has 0 unspecified atom stereocenters. The van der Waals surface area contributed by atoms with Gasteiger partial charge in [0.15, 0.2) is 5.78 Å². The summed E-state index contributed by atoms with van der Waals surface area (Å²) in [5.41, 5.74) is 3.22. The second-order valence-electron chi connectivity index (χ2n) is 3.91. The maximum absolute atomic E-state index is 11.5. The first-order valence-electron chi connectivity index (χ1n) is 5.22. The molecule has 0 saturated carbocycles. The van der Waals surface area contributed by atoms with Crippen molar-refractivity contribution in [3.63, 3.8) is 0 Å². The predicted octanol–water partition coefficient (Wildman–Crippen LogP) is 2.94. The van der Waals surface area contributed by atoms with Crippen LogP contribution in [0.15, 0.2) is 24.4 Å². The fourth-order valence-electron chi connectivity index (χ4n) is 1.94. The Hall–Kier alpha value is -1.57. The van der Waals surface area contributed by atoms with Gasteiger partial charge >= 0.3 is 0 Å². The van der Waals surface area contributed by atoms with Gasteiger partial charge in [-0.3, -0.25) is 4.79 Å². The highest BCUT2D eigenvalue weighted by atomic mass is 16.1. The van der Waals surface area contributed by atoms with Gasteiger partial charge in [-0.25, -0.2) is 0 Å². The molecule has 78 valence electrons. The third kappa shape index (κ3) is 1.56. The lowest BCUT2D eigenvalue weighted by Crippen LogP contribution is -1.89. The molecule has 0 aliphatic carbocycles. The molecule has 0 saturated heterocycles. The number of rotatable bonds is 2. The van der Waals surface area contributed by atoms with Gasteiger partial charge in [0.2, 0.25) is 0 Å². The fourth-order valence-corrected chi connectivity index (χ4v) is 1.94. The van der Waals surface area contributed by atoms with Crippen molar-refractivity contribution in [2.24, 2.45) is 7.05 Å². The predicted molar refractivity (Wildman–Crippen MR) is 62.3 cm³/mol. The molecule has 0 amide bonds. The molecule has 0 radical (unpaired) electrons. The molecule has 0 bridgehead atoms. The Kier molecular flexibility index (Phi) is 2.35. The molecule has 1 heterocycles. The van der Waals surface area contributed by atoms with Crippen LogP contribution in [0, 0.1) is 0 Å². The van der Waals surface area contributed by atoms with E-state index in [1.54, 1.807) is 6.92 Å². The van der Waals surface area contributed by atoms with Crippen LogP contribution >= 0.6 is 0 Å². The van der Waals surface area contributed by atoms with E-state index in [1.165, 1.54) is 5.56 Å². The number of benzene rings is 1. The van der Waals surface area contributed by atoms with Crippen LogP contribution in [0.4, 0.5) is 0 Å². The second-order valence-corrected chi connectivity index (χ2v) is 3.91. The van der Waals surface area contributed by atoms with Gasteiger partial charge in [0, 0.05) is 29.7 Å². The molecule has 2 aromatic rings. The summed E-state index contributed by atoms with van der Waals surface area (Å²) in [6.45, 7) is 3.74. The van der Waals surface area contributed by atoms with E-state index in [4.69, 9.17) is 0 Å². The van der Waals surface area contributed by atoms with Crippen molar-refractivity contribution >= 4 is 16.7 Å². The van der Waals surface area contributed by atoms with Gasteiger partial charge < -0.3 is 4.57 Å². The lowest BCUT2D eigenvalue weighted by Gasteiger charge is -1.99. The first-order chi connectivity index (χ1) is 7.13. The van der Waals surface area contributed by atoms with Crippen LogP contribution in [-0.4, -0.2) is 10.4 Å². The highest BCUT2D eigenvalue weighted by molar-refractivity contribution is 6.07. The zero-order valence-corrected chi connectivity index (χ0v) is 9.37. The number of carbonyl (C=O) groups is 1. The van der Waals surface area contributed by atoms with Crippen molar-refractivity contribution in [2.45, 2.75) is 20.3 Å². The summed E-state index contributed by atoms with van der Waals surface area (Å²) in [5, 5.41) is 1.07. The smallest absolute Gasteiger partial charge is 0.161 e. The summed E-state index contributed by atoms with van der Waals surface area (Å²) < 4.78 is 2.01. The highest BCUT2D eigenvalue weighted by Gasteiger charge is 2.10. The van der Waals surface area contributed by atoms with Gasteiger partial charge in [0.1, 0.15) is 0 Å². The van der Waals surface area contributed by atoms with Gasteiger partial charge in [0.05, 0.1) is 0 Å². The number of fused-ring (bicyclic) bond motifs is 1. The van der Waals surface area contributed by atoms with Crippen molar-refractivity contribution in [3.8, 4) is 0 Å². The summed E-state index contributed by atoms with van der Waals surface area (Å²) in [6.07, 6.45) is 2.91. The molecule has 2 rings (SSSR count). The van der Waals surface area contributed by atoms with Crippen molar-refractivity contribution in [1.82, 2.24) is 4.57 Å². The normalized spacial score (nSPS) is 10.9. The molecule has 2 heteroatoms. The van der Waals surface area contributed by atoms with Crippen LogP contribution in [-0.2, 0) is 13.5 Å². The number of ketones is 1. The second kappa shape index (κ2) is 3.54. The molecule has 0 aliphatic heterocycles. The zero-order valence-electron chi connectivity index (χ0n) is 9.37. The number of hydrogen-bond donors (Lipinski definition) is 0. The number of hydrogen-bond acceptors (Lipinski definition) is 1. The quantitative estimate of drug-likeness (QED) is 0.685. The first-order valence-corrected chi connectivity index (χ1v) is 5.22. The van der Waals surface area contributed by atoms with E-state index in [0.717, 1.165) is 22.9 Å². The largest absolute Gasteiger partial charge is 0.350 e. The van der Waals surface area contributed by atoms with E-state index in [0.29, 0.717) is 0 Å². The average Bonchev–Trinajstić information content (AvgIpc) is 2.56. The lowest BCUT2D eigenvalue weighted by atomic mass is 10.1. The lowest BCUT2D eigenvalue weighted by molar-refractivity contribution is 0.101. The van der Waals surface area contributed by atoms with Crippen molar-refractivity contribution in [3.05, 3.63) is 35.5 Å². The van der Waals surface area contributed by atoms with E-state index in [1.807, 2.05) is 17.8 Å². The first kappa shape index (κ1) is 9.97. The number of aryl methyl sites for hydroxylation is 2. The van der Waals surface area contributed by atoms with Crippen LogP contribution in [0.3, 0.4) is 0 Å². The Bertz CT molecular complexity index is 523. The van der Waals surface area contributed by atoms with Gasteiger partial charge in [-0.05, 0) is 31.0 Å². The van der Waals surface area contributed by atoms with Gasteiger partial charge in [0.25, 0.3) is 0 Å². The average molecular weight is 201 g/mol. The number of carbonyl (C=O) groups excluding carboxylic acids is 1. The monoisotopic (exact) mass is 201 g/mol. The van der Waals surface area contributed by atoms with Crippen LogP contribution in [0.1, 0.15) is 29.8 Å². The molecule has 1 aromatic heterocycles. The topological polar surface area (TPSA) is 22.0 Å². The Balaban J connectivity index is 2.77. The maximum atomic E-state index is 11.5. The molecule has 0 spiro atoms. The van der Waals surface area contributed by atoms with Crippen molar-refractivity contribution in [1.29, 1.82) is 0 Å². The van der Waals surface area contributed by atoms with Gasteiger partial charge in [-0.2, -0.15) is 0 Å². The van der Waals surface area contributed by atoms with E-state index in [9.17, 15) is 4.79 Å². The molecule has 1 aromatic carbocycles. The summed E-state index contributed by atoms with van der Waals surface area (Å²) in [4.78, 5) is 11.5. The Labute approximate surface area is 89.5 Å². The third-order valence-electron chi connectivity index (χ3n) is 2.84. The molecule has 0 fully saturated rings. The molecule has 0 atom stereocenters. The molecule has 0 N–H and O–H groups in total. The Morgan fingerprint density at radius 2 is 2.13 bits per heavy atom. The standard InChI is InChI=1S/C13H15NO/c1-4-10-5-6-13-11(7-10)12(9(2)15)8-14(13)3/h5-8H,4H2,1-3H3. The summed E-state index contributed by atoms with van der Waals surface area (Å²) in [5.74, 6) is 0.133. The fraction of sp³-hybridized carbons (Fsp3) is 0.308. The number of aromatic nitrogens is 1. The highest BCUT2D eigenvalue weighted by Crippen LogP contribution is 2.22. The molecule has 2 nitrogen and oxygen atoms in total. The van der Waals surface area contributed by atoms with E-state index in [-0.39, 0.29) is 5.78 Å². The minimum atomic E-state index is 0.133. The van der Waals surface area contributed by atoms with Crippen molar-refractivity contribution in [2.75, 3.05) is 0 Å². The van der Waals surface area contributed by atoms with Gasteiger partial charge in [-0.15, -0.1) is 0 Å². The molecular formula is C13H15NO. The molecule has 15 heavy (non-hydrogen) atoms. The molecular weight excluding hydrogens is 186 g/mol. The summed E-state index contributed by atoms with van der Waals surface area (Å²) in [7, 11) is 1.97. The van der Waals surface area contributed by atoms with Crippen LogP contribution in [0.2, 0.25) is 0 Å². The number of Topliss-reactive ketones (excluding diaryl/α,β-unsaturated/α-hetero) is 1. The summed E-state index contributed by atoms with van der Waals surface area (Å²) in [6, 6.07) is 6.32. The maximum Gasteiger partial charge on any atom is 0.161 e. The van der Waals surface area contributed by atoms with Crippen molar-refractivity contribution < 1.29 is 4.79 Å². The van der Waals surface area contributed by atoms with E-state index < -0.39 is 0 Å². The van der Waals surface area contributed by atoms with E-state index in [2.05, 4.69) is 25.1 Å². The molecule has 0 aliphatic rings. The summed E-state index contributed by atoms with van der Waals surface area (Å²) >= 11 is 0. The zero-order chi connectivity index (χ0) is 11.0. The van der Waals surface area contributed by atoms with Crippen LogP contribution in [0.5, 0.6) is 0 Å². The number of nitrogens with zero attached hydrogens (tertiary/aromatic N) is 1. The van der Waals surface area contributed by atoms with E-state index >= 15 is 0 Å². The van der Waals surface area contributed by atoms with Gasteiger partial charge in [-0.1, -0.05) is 13.0 Å². The van der Waals surface area contributed by atoms with Crippen LogP contribution < -0.4 is 0 Å². The van der Waals surface area contributed by atoms with Crippen LogP contribution in [0.25, 0.3) is 10.9 Å². The third-order valence-corrected chi connectivity index (χ3v) is 2.84. The Morgan fingerprint density at radius 3 is 2.73 bits per heavy atom. The SMILES string of the molecule is CCc1ccc2c(c1)c(C(C)=O)cn2C. The minimum Gasteiger partial charge on any atom is -0.350 e.